The second-order valence-corrected chi connectivity index (χ2v) is 6.88. The first kappa shape index (κ1) is 20.3. The van der Waals surface area contributed by atoms with Crippen LogP contribution in [-0.2, 0) is 4.79 Å². The first-order chi connectivity index (χ1) is 14.0. The molecule has 0 spiro atoms. The Labute approximate surface area is 172 Å². The fraction of sp³-hybridized carbons (Fsp3) is 0.190. The summed E-state index contributed by atoms with van der Waals surface area (Å²) in [5.74, 6) is 1.46. The van der Waals surface area contributed by atoms with Gasteiger partial charge in [-0.15, -0.1) is 11.3 Å². The molecule has 0 saturated heterocycles. The van der Waals surface area contributed by atoms with Crippen LogP contribution in [0.1, 0.15) is 17.3 Å². The van der Waals surface area contributed by atoms with Gasteiger partial charge in [-0.25, -0.2) is 4.98 Å². The summed E-state index contributed by atoms with van der Waals surface area (Å²) in [4.78, 5) is 27.9. The van der Waals surface area contributed by atoms with Gasteiger partial charge in [0.05, 0.1) is 19.9 Å². The van der Waals surface area contributed by atoms with Crippen LogP contribution in [0.5, 0.6) is 17.2 Å². The maximum atomic E-state index is 12.1. The molecule has 0 aliphatic rings. The number of hydrogen-bond acceptors (Lipinski definition) is 7. The number of ether oxygens (including phenoxy) is 3. The number of methoxy groups -OCH3 is 2. The van der Waals surface area contributed by atoms with E-state index in [2.05, 4.69) is 10.3 Å². The molecule has 1 N–H and O–H groups in total. The average molecular weight is 412 g/mol. The molecule has 0 aliphatic carbocycles. The third-order valence-corrected chi connectivity index (χ3v) is 4.82. The van der Waals surface area contributed by atoms with Crippen LogP contribution in [-0.4, -0.2) is 37.5 Å². The third kappa shape index (κ3) is 5.11. The average Bonchev–Trinajstić information content (AvgIpc) is 3.20. The van der Waals surface area contributed by atoms with Gasteiger partial charge in [0.25, 0.3) is 5.91 Å². The Kier molecular flexibility index (Phi) is 6.46. The van der Waals surface area contributed by atoms with Gasteiger partial charge in [-0.05, 0) is 43.3 Å². The summed E-state index contributed by atoms with van der Waals surface area (Å²) in [7, 11) is 3.16. The second kappa shape index (κ2) is 9.20. The highest BCUT2D eigenvalue weighted by molar-refractivity contribution is 7.14. The summed E-state index contributed by atoms with van der Waals surface area (Å²) in [6.45, 7) is 1.33. The SMILES string of the molecule is COc1ccc(-c2csc(NC(=O)COc3ccc(C(C)=O)cc3)n2)c(OC)c1. The molecular formula is C21H20N2O5S. The van der Waals surface area contributed by atoms with E-state index in [0.717, 1.165) is 5.56 Å². The molecule has 1 heterocycles. The lowest BCUT2D eigenvalue weighted by atomic mass is 10.1. The van der Waals surface area contributed by atoms with Crippen LogP contribution in [0.3, 0.4) is 0 Å². The molecule has 0 saturated carbocycles. The summed E-state index contributed by atoms with van der Waals surface area (Å²) in [5, 5.41) is 5.01. The van der Waals surface area contributed by atoms with E-state index in [9.17, 15) is 9.59 Å². The second-order valence-electron chi connectivity index (χ2n) is 6.02. The van der Waals surface area contributed by atoms with E-state index in [-0.39, 0.29) is 18.3 Å². The molecule has 1 aromatic heterocycles. The van der Waals surface area contributed by atoms with Crippen molar-refractivity contribution < 1.29 is 23.8 Å². The number of carbonyl (C=O) groups excluding carboxylic acids is 2. The predicted molar refractivity (Wildman–Crippen MR) is 111 cm³/mol. The summed E-state index contributed by atoms with van der Waals surface area (Å²) in [6.07, 6.45) is 0. The maximum absolute atomic E-state index is 12.1. The Morgan fingerprint density at radius 2 is 1.76 bits per heavy atom. The molecule has 0 atom stereocenters. The molecule has 2 aromatic carbocycles. The van der Waals surface area contributed by atoms with Gasteiger partial charge in [0, 0.05) is 22.6 Å². The molecule has 3 aromatic rings. The number of carbonyl (C=O) groups is 2. The number of ketones is 1. The summed E-state index contributed by atoms with van der Waals surface area (Å²) < 4.78 is 16.0. The minimum absolute atomic E-state index is 0.0256. The molecule has 8 heteroatoms. The van der Waals surface area contributed by atoms with Gasteiger partial charge in [0.1, 0.15) is 17.2 Å². The number of aromatic nitrogens is 1. The number of benzene rings is 2. The summed E-state index contributed by atoms with van der Waals surface area (Å²) in [6, 6.07) is 12.1. The zero-order chi connectivity index (χ0) is 20.8. The zero-order valence-corrected chi connectivity index (χ0v) is 17.0. The van der Waals surface area contributed by atoms with E-state index in [1.807, 2.05) is 17.5 Å². The number of Topliss-reactive ketones (excluding diaryl/α,β-unsaturated/α-hetero) is 1. The van der Waals surface area contributed by atoms with Crippen molar-refractivity contribution in [2.45, 2.75) is 6.92 Å². The van der Waals surface area contributed by atoms with Gasteiger partial charge >= 0.3 is 0 Å². The number of rotatable bonds is 8. The Morgan fingerprint density at radius 3 is 2.41 bits per heavy atom. The normalized spacial score (nSPS) is 10.3. The molecule has 0 fully saturated rings. The predicted octanol–water partition coefficient (Wildman–Crippen LogP) is 4.05. The van der Waals surface area contributed by atoms with E-state index >= 15 is 0 Å². The third-order valence-electron chi connectivity index (χ3n) is 4.07. The van der Waals surface area contributed by atoms with Crippen LogP contribution in [0, 0.1) is 0 Å². The minimum Gasteiger partial charge on any atom is -0.497 e. The molecule has 29 heavy (non-hydrogen) atoms. The van der Waals surface area contributed by atoms with Crippen molar-refractivity contribution in [2.75, 3.05) is 26.1 Å². The Morgan fingerprint density at radius 1 is 1.03 bits per heavy atom. The van der Waals surface area contributed by atoms with Crippen LogP contribution in [0.2, 0.25) is 0 Å². The van der Waals surface area contributed by atoms with Gasteiger partial charge in [-0.2, -0.15) is 0 Å². The van der Waals surface area contributed by atoms with Gasteiger partial charge in [-0.1, -0.05) is 0 Å². The Bertz CT molecular complexity index is 1010. The Balaban J connectivity index is 1.61. The number of amides is 1. The lowest BCUT2D eigenvalue weighted by molar-refractivity contribution is -0.118. The maximum Gasteiger partial charge on any atom is 0.264 e. The molecule has 0 radical (unpaired) electrons. The van der Waals surface area contributed by atoms with Crippen molar-refractivity contribution in [3.63, 3.8) is 0 Å². The van der Waals surface area contributed by atoms with E-state index in [4.69, 9.17) is 14.2 Å². The summed E-state index contributed by atoms with van der Waals surface area (Å²) in [5.41, 5.74) is 2.07. The highest BCUT2D eigenvalue weighted by Crippen LogP contribution is 2.34. The molecule has 3 rings (SSSR count). The van der Waals surface area contributed by atoms with Gasteiger partial charge in [0.15, 0.2) is 17.5 Å². The van der Waals surface area contributed by atoms with Crippen LogP contribution >= 0.6 is 11.3 Å². The number of anilines is 1. The van der Waals surface area contributed by atoms with Crippen molar-refractivity contribution in [2.24, 2.45) is 0 Å². The van der Waals surface area contributed by atoms with Crippen LogP contribution in [0.25, 0.3) is 11.3 Å². The van der Waals surface area contributed by atoms with Crippen molar-refractivity contribution >= 4 is 28.2 Å². The quantitative estimate of drug-likeness (QED) is 0.562. The van der Waals surface area contributed by atoms with Crippen molar-refractivity contribution in [1.29, 1.82) is 0 Å². The minimum atomic E-state index is -0.330. The number of nitrogens with zero attached hydrogens (tertiary/aromatic N) is 1. The molecule has 150 valence electrons. The largest absolute Gasteiger partial charge is 0.497 e. The zero-order valence-electron chi connectivity index (χ0n) is 16.2. The lowest BCUT2D eigenvalue weighted by Gasteiger charge is -2.08. The fourth-order valence-corrected chi connectivity index (χ4v) is 3.28. The molecule has 0 aliphatic heterocycles. The molecule has 1 amide bonds. The molecule has 0 unspecified atom stereocenters. The van der Waals surface area contributed by atoms with Crippen molar-refractivity contribution in [3.05, 3.63) is 53.4 Å². The number of hydrogen-bond donors (Lipinski definition) is 1. The summed E-state index contributed by atoms with van der Waals surface area (Å²) >= 11 is 1.31. The molecular weight excluding hydrogens is 392 g/mol. The van der Waals surface area contributed by atoms with Crippen LogP contribution in [0.15, 0.2) is 47.8 Å². The monoisotopic (exact) mass is 412 g/mol. The number of thiazole rings is 1. The lowest BCUT2D eigenvalue weighted by Crippen LogP contribution is -2.20. The topological polar surface area (TPSA) is 86.8 Å². The van der Waals surface area contributed by atoms with E-state index in [0.29, 0.717) is 33.6 Å². The van der Waals surface area contributed by atoms with Gasteiger partial charge < -0.3 is 14.2 Å². The molecule has 0 bridgehead atoms. The fourth-order valence-electron chi connectivity index (χ4n) is 2.56. The van der Waals surface area contributed by atoms with Crippen LogP contribution in [0.4, 0.5) is 5.13 Å². The van der Waals surface area contributed by atoms with E-state index in [1.165, 1.54) is 18.3 Å². The van der Waals surface area contributed by atoms with Crippen LogP contribution < -0.4 is 19.5 Å². The Hall–Kier alpha value is -3.39. The first-order valence-corrected chi connectivity index (χ1v) is 9.59. The van der Waals surface area contributed by atoms with Crippen molar-refractivity contribution in [1.82, 2.24) is 4.98 Å². The molecule has 7 nitrogen and oxygen atoms in total. The van der Waals surface area contributed by atoms with Crippen molar-refractivity contribution in [3.8, 4) is 28.5 Å². The highest BCUT2D eigenvalue weighted by Gasteiger charge is 2.13. The number of nitrogens with one attached hydrogen (secondary N) is 1. The first-order valence-electron chi connectivity index (χ1n) is 8.71. The highest BCUT2D eigenvalue weighted by atomic mass is 32.1. The smallest absolute Gasteiger partial charge is 0.264 e. The van der Waals surface area contributed by atoms with Gasteiger partial charge in [-0.3, -0.25) is 14.9 Å². The van der Waals surface area contributed by atoms with E-state index in [1.54, 1.807) is 44.6 Å². The van der Waals surface area contributed by atoms with E-state index < -0.39 is 0 Å². The van der Waals surface area contributed by atoms with Gasteiger partial charge in [0.2, 0.25) is 0 Å². The standard InChI is InChI=1S/C21H20N2O5S/c1-13(24)14-4-6-15(7-5-14)28-11-20(25)23-21-22-18(12-29-21)17-9-8-16(26-2)10-19(17)27-3/h4-10,12H,11H2,1-3H3,(H,22,23,25).